The second kappa shape index (κ2) is 8.39. The van der Waals surface area contributed by atoms with Gasteiger partial charge in [-0.25, -0.2) is 4.79 Å². The molecule has 2 N–H and O–H groups in total. The zero-order valence-corrected chi connectivity index (χ0v) is 14.1. The molecule has 1 aliphatic carbocycles. The van der Waals surface area contributed by atoms with E-state index in [1.807, 2.05) is 11.8 Å². The quantitative estimate of drug-likeness (QED) is 0.838. The molecule has 1 saturated carbocycles. The number of nitrogens with zero attached hydrogens (tertiary/aromatic N) is 1. The summed E-state index contributed by atoms with van der Waals surface area (Å²) in [5, 5.41) is 6.13. The Kier molecular flexibility index (Phi) is 6.52. The molecule has 0 aromatic rings. The van der Waals surface area contributed by atoms with E-state index in [-0.39, 0.29) is 17.9 Å². The van der Waals surface area contributed by atoms with Crippen LogP contribution in [0.25, 0.3) is 0 Å². The largest absolute Gasteiger partial charge is 0.356 e. The fraction of sp³-hybridized carbons (Fsp3) is 0.882. The molecule has 1 heterocycles. The van der Waals surface area contributed by atoms with E-state index >= 15 is 0 Å². The molecule has 2 rings (SSSR count). The third kappa shape index (κ3) is 4.89. The summed E-state index contributed by atoms with van der Waals surface area (Å²) < 4.78 is 0. The van der Waals surface area contributed by atoms with Gasteiger partial charge in [-0.1, -0.05) is 26.7 Å². The second-order valence-corrected chi connectivity index (χ2v) is 6.99. The van der Waals surface area contributed by atoms with Crippen molar-refractivity contribution in [2.45, 2.75) is 64.8 Å². The Hall–Kier alpha value is -1.26. The third-order valence-corrected chi connectivity index (χ3v) is 4.89. The van der Waals surface area contributed by atoms with Gasteiger partial charge in [0.1, 0.15) is 0 Å². The number of rotatable bonds is 4. The van der Waals surface area contributed by atoms with Gasteiger partial charge in [0.15, 0.2) is 0 Å². The Bertz CT molecular complexity index is 386. The number of likely N-dealkylation sites (tertiary alicyclic amines) is 1. The first kappa shape index (κ1) is 17.1. The molecule has 0 radical (unpaired) electrons. The lowest BCUT2D eigenvalue weighted by atomic mass is 9.87. The predicted octanol–water partition coefficient (Wildman–Crippen LogP) is 2.51. The van der Waals surface area contributed by atoms with Crippen LogP contribution in [0, 0.1) is 11.8 Å². The molecular weight excluding hydrogens is 278 g/mol. The zero-order chi connectivity index (χ0) is 15.9. The van der Waals surface area contributed by atoms with Gasteiger partial charge in [-0.05, 0) is 38.0 Å². The van der Waals surface area contributed by atoms with E-state index in [1.165, 1.54) is 12.8 Å². The molecule has 0 aromatic carbocycles. The summed E-state index contributed by atoms with van der Waals surface area (Å²) >= 11 is 0. The molecule has 1 aliphatic heterocycles. The Morgan fingerprint density at radius 2 is 2.00 bits per heavy atom. The normalized spacial score (nSPS) is 29.0. The second-order valence-electron chi connectivity index (χ2n) is 6.99. The minimum Gasteiger partial charge on any atom is -0.356 e. The number of urea groups is 1. The van der Waals surface area contributed by atoms with Gasteiger partial charge in [-0.2, -0.15) is 0 Å². The minimum atomic E-state index is -0.0451. The van der Waals surface area contributed by atoms with E-state index in [4.69, 9.17) is 0 Å². The van der Waals surface area contributed by atoms with Crippen molar-refractivity contribution in [1.82, 2.24) is 15.5 Å². The van der Waals surface area contributed by atoms with Crippen molar-refractivity contribution in [3.8, 4) is 0 Å². The lowest BCUT2D eigenvalue weighted by Gasteiger charge is -2.34. The van der Waals surface area contributed by atoms with Gasteiger partial charge < -0.3 is 15.5 Å². The lowest BCUT2D eigenvalue weighted by molar-refractivity contribution is -0.126. The van der Waals surface area contributed by atoms with E-state index in [2.05, 4.69) is 17.6 Å². The van der Waals surface area contributed by atoms with Crippen molar-refractivity contribution in [2.24, 2.45) is 11.8 Å². The molecule has 2 aliphatic rings. The van der Waals surface area contributed by atoms with Crippen molar-refractivity contribution in [1.29, 1.82) is 0 Å². The van der Waals surface area contributed by atoms with Gasteiger partial charge >= 0.3 is 6.03 Å². The van der Waals surface area contributed by atoms with Gasteiger partial charge in [0.2, 0.25) is 5.91 Å². The highest BCUT2D eigenvalue weighted by Crippen LogP contribution is 2.24. The molecule has 2 fully saturated rings. The monoisotopic (exact) mass is 309 g/mol. The van der Waals surface area contributed by atoms with Crippen molar-refractivity contribution < 1.29 is 9.59 Å². The third-order valence-electron chi connectivity index (χ3n) is 4.89. The predicted molar refractivity (Wildman–Crippen MR) is 87.5 cm³/mol. The number of hydrogen-bond donors (Lipinski definition) is 2. The number of carbonyl (C=O) groups excluding carboxylic acids is 2. The molecule has 5 heteroatoms. The highest BCUT2D eigenvalue weighted by atomic mass is 16.2. The van der Waals surface area contributed by atoms with Crippen LogP contribution in [0.3, 0.4) is 0 Å². The molecule has 3 unspecified atom stereocenters. The van der Waals surface area contributed by atoms with Crippen molar-refractivity contribution in [3.63, 3.8) is 0 Å². The van der Waals surface area contributed by atoms with Crippen LogP contribution >= 0.6 is 0 Å². The molecular formula is C17H31N3O2. The average molecular weight is 309 g/mol. The number of hydrogen-bond acceptors (Lipinski definition) is 2. The van der Waals surface area contributed by atoms with Crippen LogP contribution in [0.5, 0.6) is 0 Å². The van der Waals surface area contributed by atoms with Gasteiger partial charge in [-0.3, -0.25) is 4.79 Å². The summed E-state index contributed by atoms with van der Waals surface area (Å²) in [4.78, 5) is 26.4. The van der Waals surface area contributed by atoms with E-state index in [0.29, 0.717) is 18.5 Å². The number of piperidine rings is 1. The van der Waals surface area contributed by atoms with E-state index in [0.717, 1.165) is 45.2 Å². The van der Waals surface area contributed by atoms with E-state index in [9.17, 15) is 9.59 Å². The lowest BCUT2D eigenvalue weighted by Crippen LogP contribution is -2.51. The fourth-order valence-corrected chi connectivity index (χ4v) is 3.60. The first-order valence-electron chi connectivity index (χ1n) is 8.93. The van der Waals surface area contributed by atoms with Crippen molar-refractivity contribution in [2.75, 3.05) is 19.6 Å². The molecule has 0 spiro atoms. The van der Waals surface area contributed by atoms with Crippen LogP contribution in [0.15, 0.2) is 0 Å². The Morgan fingerprint density at radius 3 is 2.73 bits per heavy atom. The molecule has 5 nitrogen and oxygen atoms in total. The van der Waals surface area contributed by atoms with Crippen LogP contribution in [0.1, 0.15) is 58.8 Å². The molecule has 0 bridgehead atoms. The van der Waals surface area contributed by atoms with Crippen LogP contribution < -0.4 is 10.6 Å². The maximum Gasteiger partial charge on any atom is 0.317 e. The molecule has 126 valence electrons. The van der Waals surface area contributed by atoms with Crippen LogP contribution in [-0.2, 0) is 4.79 Å². The van der Waals surface area contributed by atoms with Crippen LogP contribution in [0.4, 0.5) is 4.79 Å². The highest BCUT2D eigenvalue weighted by molar-refractivity contribution is 5.80. The Balaban J connectivity index is 1.80. The first-order valence-corrected chi connectivity index (χ1v) is 8.93. The maximum absolute atomic E-state index is 12.4. The molecule has 3 atom stereocenters. The maximum atomic E-state index is 12.4. The van der Waals surface area contributed by atoms with E-state index < -0.39 is 0 Å². The summed E-state index contributed by atoms with van der Waals surface area (Å²) in [6, 6.07) is 0.331. The van der Waals surface area contributed by atoms with Crippen molar-refractivity contribution in [3.05, 3.63) is 0 Å². The molecule has 0 aromatic heterocycles. The summed E-state index contributed by atoms with van der Waals surface area (Å²) in [5.74, 6) is 0.759. The minimum absolute atomic E-state index is 0.0205. The molecule has 3 amide bonds. The van der Waals surface area contributed by atoms with Crippen molar-refractivity contribution >= 4 is 11.9 Å². The van der Waals surface area contributed by atoms with Gasteiger partial charge in [0, 0.05) is 25.7 Å². The zero-order valence-electron chi connectivity index (χ0n) is 14.1. The van der Waals surface area contributed by atoms with E-state index in [1.54, 1.807) is 0 Å². The number of nitrogens with one attached hydrogen (secondary N) is 2. The standard InChI is InChI=1S/C17H31N3O2/c1-3-9-18-16(21)14-7-5-10-20(12-14)17(22)19-15-8-4-6-13(2)11-15/h13-15H,3-12H2,1-2H3,(H,18,21)(H,19,22). The van der Waals surface area contributed by atoms with Gasteiger partial charge in [0.05, 0.1) is 5.92 Å². The Morgan fingerprint density at radius 1 is 1.18 bits per heavy atom. The summed E-state index contributed by atoms with van der Waals surface area (Å²) in [7, 11) is 0. The SMILES string of the molecule is CCCNC(=O)C1CCCN(C(=O)NC2CCCC(C)C2)C1. The number of amides is 3. The fourth-order valence-electron chi connectivity index (χ4n) is 3.60. The Labute approximate surface area is 134 Å². The summed E-state index contributed by atoms with van der Waals surface area (Å²) in [6.07, 6.45) is 7.40. The smallest absolute Gasteiger partial charge is 0.317 e. The van der Waals surface area contributed by atoms with Crippen LogP contribution in [0.2, 0.25) is 0 Å². The van der Waals surface area contributed by atoms with Gasteiger partial charge in [0.25, 0.3) is 0 Å². The first-order chi connectivity index (χ1) is 10.6. The topological polar surface area (TPSA) is 61.4 Å². The summed E-state index contributed by atoms with van der Waals surface area (Å²) in [6.45, 7) is 6.36. The number of carbonyl (C=O) groups is 2. The van der Waals surface area contributed by atoms with Gasteiger partial charge in [-0.15, -0.1) is 0 Å². The summed E-state index contributed by atoms with van der Waals surface area (Å²) in [5.41, 5.74) is 0. The average Bonchev–Trinajstić information content (AvgIpc) is 2.52. The molecule has 22 heavy (non-hydrogen) atoms. The molecule has 1 saturated heterocycles. The van der Waals surface area contributed by atoms with Crippen LogP contribution in [-0.4, -0.2) is 42.5 Å². The highest BCUT2D eigenvalue weighted by Gasteiger charge is 2.29.